The smallest absolute Gasteiger partial charge is 0.421 e. The first kappa shape index (κ1) is 21.9. The fourth-order valence-corrected chi connectivity index (χ4v) is 2.62. The third-order valence-corrected chi connectivity index (χ3v) is 4.42. The van der Waals surface area contributed by atoms with Gasteiger partial charge in [-0.25, -0.2) is 4.98 Å². The van der Waals surface area contributed by atoms with Crippen molar-refractivity contribution < 1.29 is 17.9 Å². The molecule has 3 rings (SSSR count). The Morgan fingerprint density at radius 2 is 1.81 bits per heavy atom. The standard InChI is InChI=1S/C22H20F3N5O/c1-3-14(2)31-17-10-8-16(9-11-17)28-21-27-13-18(22(23,24)25)20(30-21)29-19-7-5-4-6-15(19)12-26/h4-11,13-14H,3H2,1-2H3,(H2,27,28,29,30). The molecule has 9 heteroatoms. The molecule has 1 aromatic heterocycles. The Morgan fingerprint density at radius 1 is 1.10 bits per heavy atom. The highest BCUT2D eigenvalue weighted by molar-refractivity contribution is 5.67. The number of aromatic nitrogens is 2. The first-order chi connectivity index (χ1) is 14.8. The minimum Gasteiger partial charge on any atom is -0.491 e. The third kappa shape index (κ3) is 5.63. The van der Waals surface area contributed by atoms with E-state index < -0.39 is 17.6 Å². The van der Waals surface area contributed by atoms with Crippen LogP contribution < -0.4 is 15.4 Å². The fourth-order valence-electron chi connectivity index (χ4n) is 2.62. The van der Waals surface area contributed by atoms with Crippen LogP contribution in [-0.2, 0) is 6.18 Å². The van der Waals surface area contributed by atoms with Gasteiger partial charge in [-0.05, 0) is 49.7 Å². The zero-order valence-electron chi connectivity index (χ0n) is 16.9. The fraction of sp³-hybridized carbons (Fsp3) is 0.227. The summed E-state index contributed by atoms with van der Waals surface area (Å²) < 4.78 is 46.1. The van der Waals surface area contributed by atoms with E-state index in [-0.39, 0.29) is 23.3 Å². The average molecular weight is 427 g/mol. The number of anilines is 4. The molecule has 2 aromatic carbocycles. The van der Waals surface area contributed by atoms with Gasteiger partial charge in [-0.2, -0.15) is 23.4 Å². The third-order valence-electron chi connectivity index (χ3n) is 4.42. The molecule has 31 heavy (non-hydrogen) atoms. The van der Waals surface area contributed by atoms with Crippen molar-refractivity contribution >= 4 is 23.1 Å². The molecule has 1 unspecified atom stereocenters. The maximum absolute atomic E-state index is 13.5. The molecule has 0 amide bonds. The minimum atomic E-state index is -4.67. The van der Waals surface area contributed by atoms with Gasteiger partial charge in [0.05, 0.1) is 17.4 Å². The van der Waals surface area contributed by atoms with E-state index in [2.05, 4.69) is 20.6 Å². The zero-order valence-corrected chi connectivity index (χ0v) is 16.9. The number of rotatable bonds is 7. The summed E-state index contributed by atoms with van der Waals surface area (Å²) in [6.07, 6.45) is -3.03. The Labute approximate surface area is 177 Å². The van der Waals surface area contributed by atoms with Crippen LogP contribution in [0.5, 0.6) is 5.75 Å². The Balaban J connectivity index is 1.87. The van der Waals surface area contributed by atoms with Gasteiger partial charge < -0.3 is 15.4 Å². The molecule has 0 aliphatic heterocycles. The summed E-state index contributed by atoms with van der Waals surface area (Å²) in [5.41, 5.74) is -0.0462. The SMILES string of the molecule is CCC(C)Oc1ccc(Nc2ncc(C(F)(F)F)c(Nc3ccccc3C#N)n2)cc1. The van der Waals surface area contributed by atoms with Crippen molar-refractivity contribution in [3.63, 3.8) is 0 Å². The molecular weight excluding hydrogens is 407 g/mol. The predicted molar refractivity (Wildman–Crippen MR) is 112 cm³/mol. The number of para-hydroxylation sites is 1. The van der Waals surface area contributed by atoms with Crippen LogP contribution in [0, 0.1) is 11.3 Å². The average Bonchev–Trinajstić information content (AvgIpc) is 2.75. The summed E-state index contributed by atoms with van der Waals surface area (Å²) in [6, 6.07) is 15.1. The van der Waals surface area contributed by atoms with Gasteiger partial charge in [-0.3, -0.25) is 0 Å². The van der Waals surface area contributed by atoms with E-state index in [1.165, 1.54) is 12.1 Å². The topological polar surface area (TPSA) is 82.9 Å². The molecular formula is C22H20F3N5O. The molecule has 0 saturated heterocycles. The van der Waals surface area contributed by atoms with E-state index in [0.717, 1.165) is 6.42 Å². The van der Waals surface area contributed by atoms with Crippen molar-refractivity contribution in [1.29, 1.82) is 5.26 Å². The lowest BCUT2D eigenvalue weighted by Gasteiger charge is -2.16. The van der Waals surface area contributed by atoms with E-state index in [0.29, 0.717) is 17.6 Å². The predicted octanol–water partition coefficient (Wildman–Crippen LogP) is 6.03. The van der Waals surface area contributed by atoms with Gasteiger partial charge in [0.1, 0.15) is 23.2 Å². The maximum atomic E-state index is 13.5. The van der Waals surface area contributed by atoms with Crippen LogP contribution in [0.4, 0.5) is 36.3 Å². The van der Waals surface area contributed by atoms with Gasteiger partial charge in [0.25, 0.3) is 0 Å². The van der Waals surface area contributed by atoms with Crippen LogP contribution in [0.15, 0.2) is 54.7 Å². The molecule has 0 radical (unpaired) electrons. The monoisotopic (exact) mass is 427 g/mol. The van der Waals surface area contributed by atoms with Crippen molar-refractivity contribution in [2.24, 2.45) is 0 Å². The summed E-state index contributed by atoms with van der Waals surface area (Å²) in [5, 5.41) is 14.7. The molecule has 0 aliphatic carbocycles. The normalized spacial score (nSPS) is 12.0. The second kappa shape index (κ2) is 9.34. The van der Waals surface area contributed by atoms with Gasteiger partial charge in [-0.1, -0.05) is 19.1 Å². The lowest BCUT2D eigenvalue weighted by Crippen LogP contribution is -2.13. The van der Waals surface area contributed by atoms with Crippen molar-refractivity contribution in [2.75, 3.05) is 10.6 Å². The molecule has 2 N–H and O–H groups in total. The molecule has 3 aromatic rings. The first-order valence-electron chi connectivity index (χ1n) is 9.54. The number of benzene rings is 2. The molecule has 0 fully saturated rings. The van der Waals surface area contributed by atoms with Gasteiger partial charge in [0.15, 0.2) is 0 Å². The van der Waals surface area contributed by atoms with Crippen LogP contribution in [-0.4, -0.2) is 16.1 Å². The summed E-state index contributed by atoms with van der Waals surface area (Å²) in [6.45, 7) is 3.98. The second-order valence-electron chi connectivity index (χ2n) is 6.72. The number of hydrogen-bond donors (Lipinski definition) is 2. The summed E-state index contributed by atoms with van der Waals surface area (Å²) in [7, 11) is 0. The van der Waals surface area contributed by atoms with Crippen LogP contribution in [0.3, 0.4) is 0 Å². The molecule has 0 saturated carbocycles. The molecule has 0 bridgehead atoms. The van der Waals surface area contributed by atoms with Crippen LogP contribution in [0.2, 0.25) is 0 Å². The number of hydrogen-bond acceptors (Lipinski definition) is 6. The molecule has 160 valence electrons. The summed E-state index contributed by atoms with van der Waals surface area (Å²) in [5.74, 6) is 0.202. The van der Waals surface area contributed by atoms with Crippen molar-refractivity contribution in [1.82, 2.24) is 9.97 Å². The number of nitriles is 1. The van der Waals surface area contributed by atoms with E-state index in [4.69, 9.17) is 4.74 Å². The number of nitrogens with one attached hydrogen (secondary N) is 2. The maximum Gasteiger partial charge on any atom is 0.421 e. The number of halogens is 3. The highest BCUT2D eigenvalue weighted by atomic mass is 19.4. The van der Waals surface area contributed by atoms with Crippen LogP contribution >= 0.6 is 0 Å². The molecule has 0 spiro atoms. The molecule has 0 aliphatic rings. The minimum absolute atomic E-state index is 0.0273. The second-order valence-corrected chi connectivity index (χ2v) is 6.72. The van der Waals surface area contributed by atoms with Gasteiger partial charge in [0, 0.05) is 11.9 Å². The number of nitrogens with zero attached hydrogens (tertiary/aromatic N) is 3. The number of ether oxygens (including phenoxy) is 1. The molecule has 1 atom stereocenters. The van der Waals surface area contributed by atoms with Crippen LogP contribution in [0.25, 0.3) is 0 Å². The highest BCUT2D eigenvalue weighted by Crippen LogP contribution is 2.35. The van der Waals surface area contributed by atoms with Gasteiger partial charge in [-0.15, -0.1) is 0 Å². The van der Waals surface area contributed by atoms with Crippen LogP contribution in [0.1, 0.15) is 31.4 Å². The molecule has 1 heterocycles. The van der Waals surface area contributed by atoms with Crippen molar-refractivity contribution in [2.45, 2.75) is 32.5 Å². The highest BCUT2D eigenvalue weighted by Gasteiger charge is 2.35. The quantitative estimate of drug-likeness (QED) is 0.479. The Kier molecular flexibility index (Phi) is 6.60. The Bertz CT molecular complexity index is 1080. The van der Waals surface area contributed by atoms with Crippen molar-refractivity contribution in [3.8, 4) is 11.8 Å². The molecule has 6 nitrogen and oxygen atoms in total. The zero-order chi connectivity index (χ0) is 22.4. The van der Waals surface area contributed by atoms with E-state index in [1.807, 2.05) is 19.9 Å². The Morgan fingerprint density at radius 3 is 2.45 bits per heavy atom. The Hall–Kier alpha value is -3.80. The van der Waals surface area contributed by atoms with Gasteiger partial charge >= 0.3 is 6.18 Å². The van der Waals surface area contributed by atoms with E-state index >= 15 is 0 Å². The lowest BCUT2D eigenvalue weighted by molar-refractivity contribution is -0.137. The number of alkyl halides is 3. The summed E-state index contributed by atoms with van der Waals surface area (Å²) in [4.78, 5) is 7.79. The van der Waals surface area contributed by atoms with E-state index in [1.54, 1.807) is 36.4 Å². The van der Waals surface area contributed by atoms with E-state index in [9.17, 15) is 18.4 Å². The first-order valence-corrected chi connectivity index (χ1v) is 9.54. The lowest BCUT2D eigenvalue weighted by atomic mass is 10.2. The van der Waals surface area contributed by atoms with Gasteiger partial charge in [0.2, 0.25) is 5.95 Å². The van der Waals surface area contributed by atoms with Crippen molar-refractivity contribution in [3.05, 3.63) is 65.9 Å². The largest absolute Gasteiger partial charge is 0.491 e. The summed E-state index contributed by atoms with van der Waals surface area (Å²) >= 11 is 0.